The number of carbonyl (C=O) groups is 4. The van der Waals surface area contributed by atoms with Gasteiger partial charge in [-0.05, 0) is 42.8 Å². The maximum Gasteiger partial charge on any atom is 0.265 e. The standard InChI is InChI=1S/C25H25N3O6/c1-33-18-9-10-21(34-2)17(16-18)8-11-22(29)27-13-5-14-28(27)23(30)12-15-26-24(31)19-6-3-4-7-20(19)25(26)32/h3-4,6-11,16H,5,12-15H2,1-2H3. The highest BCUT2D eigenvalue weighted by Crippen LogP contribution is 2.26. The van der Waals surface area contributed by atoms with Crippen LogP contribution in [0, 0.1) is 0 Å². The van der Waals surface area contributed by atoms with Gasteiger partial charge in [0.25, 0.3) is 17.7 Å². The minimum absolute atomic E-state index is 0.0411. The Morgan fingerprint density at radius 3 is 2.26 bits per heavy atom. The van der Waals surface area contributed by atoms with Gasteiger partial charge in [0, 0.05) is 37.7 Å². The third-order valence-corrected chi connectivity index (χ3v) is 5.84. The maximum atomic E-state index is 12.9. The Kier molecular flexibility index (Phi) is 6.62. The smallest absolute Gasteiger partial charge is 0.265 e. The van der Waals surface area contributed by atoms with E-state index >= 15 is 0 Å². The molecule has 2 heterocycles. The number of imide groups is 1. The molecule has 0 N–H and O–H groups in total. The Morgan fingerprint density at radius 1 is 0.941 bits per heavy atom. The van der Waals surface area contributed by atoms with Crippen molar-refractivity contribution in [2.24, 2.45) is 0 Å². The van der Waals surface area contributed by atoms with E-state index in [0.29, 0.717) is 47.7 Å². The van der Waals surface area contributed by atoms with Gasteiger partial charge in [-0.1, -0.05) is 12.1 Å². The largest absolute Gasteiger partial charge is 0.497 e. The summed E-state index contributed by atoms with van der Waals surface area (Å²) >= 11 is 0. The molecule has 0 spiro atoms. The first kappa shape index (κ1) is 23.0. The molecule has 0 atom stereocenters. The summed E-state index contributed by atoms with van der Waals surface area (Å²) in [5.41, 5.74) is 1.35. The van der Waals surface area contributed by atoms with Crippen LogP contribution in [0.3, 0.4) is 0 Å². The number of rotatable bonds is 7. The molecule has 1 saturated heterocycles. The number of ether oxygens (including phenoxy) is 2. The Labute approximate surface area is 197 Å². The van der Waals surface area contributed by atoms with Crippen molar-refractivity contribution in [2.45, 2.75) is 12.8 Å². The molecule has 176 valence electrons. The zero-order valence-corrected chi connectivity index (χ0v) is 19.0. The van der Waals surface area contributed by atoms with Gasteiger partial charge in [0.05, 0.1) is 25.3 Å². The van der Waals surface area contributed by atoms with Crippen LogP contribution in [0.15, 0.2) is 48.5 Å². The lowest BCUT2D eigenvalue weighted by Crippen LogP contribution is -2.45. The lowest BCUT2D eigenvalue weighted by molar-refractivity contribution is -0.154. The number of benzene rings is 2. The fraction of sp³-hybridized carbons (Fsp3) is 0.280. The monoisotopic (exact) mass is 463 g/mol. The molecule has 9 nitrogen and oxygen atoms in total. The first-order valence-corrected chi connectivity index (χ1v) is 10.9. The quantitative estimate of drug-likeness (QED) is 0.462. The lowest BCUT2D eigenvalue weighted by atomic mass is 10.1. The van der Waals surface area contributed by atoms with Crippen molar-refractivity contribution in [3.8, 4) is 11.5 Å². The van der Waals surface area contributed by atoms with E-state index in [2.05, 4.69) is 0 Å². The number of hydrogen-bond donors (Lipinski definition) is 0. The van der Waals surface area contributed by atoms with Crippen LogP contribution >= 0.6 is 0 Å². The number of hydrazine groups is 1. The lowest BCUT2D eigenvalue weighted by Gasteiger charge is -2.27. The van der Waals surface area contributed by atoms with Crippen molar-refractivity contribution < 1.29 is 28.7 Å². The van der Waals surface area contributed by atoms with E-state index in [4.69, 9.17) is 9.47 Å². The Morgan fingerprint density at radius 2 is 1.62 bits per heavy atom. The summed E-state index contributed by atoms with van der Waals surface area (Å²) in [7, 11) is 3.09. The summed E-state index contributed by atoms with van der Waals surface area (Å²) in [5.74, 6) is -0.277. The third kappa shape index (κ3) is 4.36. The summed E-state index contributed by atoms with van der Waals surface area (Å²) < 4.78 is 10.6. The van der Waals surface area contributed by atoms with Gasteiger partial charge < -0.3 is 9.47 Å². The molecule has 2 aliphatic rings. The first-order valence-electron chi connectivity index (χ1n) is 10.9. The predicted octanol–water partition coefficient (Wildman–Crippen LogP) is 2.38. The summed E-state index contributed by atoms with van der Waals surface area (Å²) in [5, 5.41) is 2.77. The molecule has 0 aromatic heterocycles. The molecule has 0 saturated carbocycles. The van der Waals surface area contributed by atoms with E-state index in [9.17, 15) is 19.2 Å². The molecule has 0 radical (unpaired) electrons. The van der Waals surface area contributed by atoms with Gasteiger partial charge in [-0.25, -0.2) is 5.01 Å². The van der Waals surface area contributed by atoms with Crippen LogP contribution < -0.4 is 9.47 Å². The molecule has 2 aliphatic heterocycles. The van der Waals surface area contributed by atoms with Crippen molar-refractivity contribution in [3.05, 3.63) is 65.2 Å². The summed E-state index contributed by atoms with van der Waals surface area (Å²) in [6.45, 7) is 0.751. The highest BCUT2D eigenvalue weighted by atomic mass is 16.5. The maximum absolute atomic E-state index is 12.9. The molecule has 1 fully saturated rings. The average Bonchev–Trinajstić information content (AvgIpc) is 3.45. The molecule has 9 heteroatoms. The number of carbonyl (C=O) groups excluding carboxylic acids is 4. The van der Waals surface area contributed by atoms with E-state index in [-0.39, 0.29) is 24.8 Å². The second-order valence-corrected chi connectivity index (χ2v) is 7.83. The van der Waals surface area contributed by atoms with E-state index in [1.165, 1.54) is 23.2 Å². The number of nitrogens with zero attached hydrogens (tertiary/aromatic N) is 3. The summed E-state index contributed by atoms with van der Waals surface area (Å²) in [6, 6.07) is 11.8. The second-order valence-electron chi connectivity index (χ2n) is 7.83. The molecular weight excluding hydrogens is 438 g/mol. The normalized spacial score (nSPS) is 15.3. The van der Waals surface area contributed by atoms with Crippen molar-refractivity contribution in [2.75, 3.05) is 33.9 Å². The summed E-state index contributed by atoms with van der Waals surface area (Å²) in [4.78, 5) is 51.9. The SMILES string of the molecule is COc1ccc(OC)c(C=CC(=O)N2CCCN2C(=O)CCN2C(=O)c3ccccc3C2=O)c1. The van der Waals surface area contributed by atoms with E-state index in [0.717, 1.165) is 4.90 Å². The highest BCUT2D eigenvalue weighted by molar-refractivity contribution is 6.21. The topological polar surface area (TPSA) is 96.5 Å². The molecule has 0 unspecified atom stereocenters. The van der Waals surface area contributed by atoms with Crippen LogP contribution in [0.1, 0.15) is 39.1 Å². The van der Waals surface area contributed by atoms with Gasteiger partial charge in [-0.3, -0.25) is 29.1 Å². The predicted molar refractivity (Wildman–Crippen MR) is 123 cm³/mol. The molecule has 34 heavy (non-hydrogen) atoms. The van der Waals surface area contributed by atoms with Crippen molar-refractivity contribution >= 4 is 29.7 Å². The molecular formula is C25H25N3O6. The first-order chi connectivity index (χ1) is 16.4. The van der Waals surface area contributed by atoms with Crippen LogP contribution in [0.4, 0.5) is 0 Å². The van der Waals surface area contributed by atoms with Gasteiger partial charge >= 0.3 is 0 Å². The average molecular weight is 463 g/mol. The zero-order chi connectivity index (χ0) is 24.2. The molecule has 4 amide bonds. The zero-order valence-electron chi connectivity index (χ0n) is 19.0. The fourth-order valence-electron chi connectivity index (χ4n) is 4.10. The number of methoxy groups -OCH3 is 2. The van der Waals surface area contributed by atoms with Gasteiger partial charge in [0.15, 0.2) is 0 Å². The van der Waals surface area contributed by atoms with Crippen molar-refractivity contribution in [1.82, 2.24) is 14.9 Å². The van der Waals surface area contributed by atoms with E-state index in [1.807, 2.05) is 0 Å². The number of hydrogen-bond acceptors (Lipinski definition) is 6. The fourth-order valence-corrected chi connectivity index (χ4v) is 4.10. The van der Waals surface area contributed by atoms with Gasteiger partial charge in [-0.2, -0.15) is 0 Å². The Balaban J connectivity index is 1.40. The number of amides is 4. The molecule has 0 bridgehead atoms. The molecule has 4 rings (SSSR count). The van der Waals surface area contributed by atoms with E-state index < -0.39 is 11.8 Å². The van der Waals surface area contributed by atoms with Crippen LogP contribution in [0.2, 0.25) is 0 Å². The van der Waals surface area contributed by atoms with Crippen LogP contribution in [0.25, 0.3) is 6.08 Å². The molecule has 2 aromatic carbocycles. The van der Waals surface area contributed by atoms with Gasteiger partial charge in [-0.15, -0.1) is 0 Å². The van der Waals surface area contributed by atoms with Crippen molar-refractivity contribution in [3.63, 3.8) is 0 Å². The Bertz CT molecular complexity index is 1140. The minimum Gasteiger partial charge on any atom is -0.497 e. The van der Waals surface area contributed by atoms with Crippen LogP contribution in [0.5, 0.6) is 11.5 Å². The van der Waals surface area contributed by atoms with Gasteiger partial charge in [0.2, 0.25) is 5.91 Å². The van der Waals surface area contributed by atoms with Crippen LogP contribution in [-0.4, -0.2) is 72.4 Å². The second kappa shape index (κ2) is 9.78. The minimum atomic E-state index is -0.405. The third-order valence-electron chi connectivity index (χ3n) is 5.84. The highest BCUT2D eigenvalue weighted by Gasteiger charge is 2.36. The van der Waals surface area contributed by atoms with E-state index in [1.54, 1.807) is 55.7 Å². The van der Waals surface area contributed by atoms with Crippen LogP contribution in [-0.2, 0) is 9.59 Å². The summed E-state index contributed by atoms with van der Waals surface area (Å²) in [6.07, 6.45) is 3.57. The molecule has 2 aromatic rings. The van der Waals surface area contributed by atoms with Gasteiger partial charge in [0.1, 0.15) is 11.5 Å². The molecule has 0 aliphatic carbocycles. The number of fused-ring (bicyclic) bond motifs is 1. The van der Waals surface area contributed by atoms with Crippen molar-refractivity contribution in [1.29, 1.82) is 0 Å². The Hall–Kier alpha value is -4.14.